The van der Waals surface area contributed by atoms with Gasteiger partial charge in [0, 0.05) is 26.1 Å². The smallest absolute Gasteiger partial charge is 0.332 e. The Hall–Kier alpha value is -2.71. The van der Waals surface area contributed by atoms with Gasteiger partial charge in [-0.25, -0.2) is 9.78 Å². The van der Waals surface area contributed by atoms with Gasteiger partial charge >= 0.3 is 11.7 Å². The van der Waals surface area contributed by atoms with Crippen LogP contribution in [0.5, 0.6) is 0 Å². The normalized spacial score (nSPS) is 29.4. The molecule has 4 bridgehead atoms. The molecule has 0 amide bonds. The van der Waals surface area contributed by atoms with Crippen molar-refractivity contribution in [3.63, 3.8) is 0 Å². The second-order valence-electron chi connectivity index (χ2n) is 10.3. The molecule has 4 aliphatic carbocycles. The van der Waals surface area contributed by atoms with Crippen molar-refractivity contribution in [3.8, 4) is 0 Å². The molecule has 0 aliphatic heterocycles. The zero-order valence-corrected chi connectivity index (χ0v) is 18.9. The van der Waals surface area contributed by atoms with Crippen molar-refractivity contribution in [3.05, 3.63) is 27.2 Å². The van der Waals surface area contributed by atoms with Crippen molar-refractivity contribution >= 4 is 22.9 Å². The molecular weight excluding hydrogens is 412 g/mol. The highest BCUT2D eigenvalue weighted by Gasteiger charge is 2.55. The van der Waals surface area contributed by atoms with Crippen LogP contribution in [-0.4, -0.2) is 36.5 Å². The SMILES string of the molecule is CC(OC(=O)CCn1cnc2c1c(=O)n(C)c(=O)n2C)C(=O)C12CC3CC(CC(C3)C1)C2. The zero-order chi connectivity index (χ0) is 22.8. The molecule has 2 aromatic rings. The third-order valence-corrected chi connectivity index (χ3v) is 8.01. The summed E-state index contributed by atoms with van der Waals surface area (Å²) in [5.41, 5.74) is -0.674. The lowest BCUT2D eigenvalue weighted by atomic mass is 9.48. The molecule has 0 aromatic carbocycles. The number of hydrogen-bond donors (Lipinski definition) is 0. The highest BCUT2D eigenvalue weighted by atomic mass is 16.5. The summed E-state index contributed by atoms with van der Waals surface area (Å²) < 4.78 is 9.43. The van der Waals surface area contributed by atoms with E-state index in [0.29, 0.717) is 17.8 Å². The lowest BCUT2D eigenvalue weighted by Crippen LogP contribution is -2.52. The first-order chi connectivity index (χ1) is 15.2. The highest BCUT2D eigenvalue weighted by Crippen LogP contribution is 2.60. The van der Waals surface area contributed by atoms with Crippen LogP contribution < -0.4 is 11.2 Å². The first-order valence-corrected chi connectivity index (χ1v) is 11.5. The Morgan fingerprint density at radius 2 is 1.69 bits per heavy atom. The largest absolute Gasteiger partial charge is 0.455 e. The number of esters is 1. The molecule has 1 atom stereocenters. The molecule has 2 heterocycles. The van der Waals surface area contributed by atoms with Crippen molar-refractivity contribution in [2.75, 3.05) is 0 Å². The fourth-order valence-electron chi connectivity index (χ4n) is 6.93. The van der Waals surface area contributed by atoms with Crippen molar-refractivity contribution in [2.24, 2.45) is 37.3 Å². The van der Waals surface area contributed by atoms with Gasteiger partial charge in [0.1, 0.15) is 0 Å². The van der Waals surface area contributed by atoms with Crippen molar-refractivity contribution in [1.29, 1.82) is 0 Å². The van der Waals surface area contributed by atoms with Crippen LogP contribution in [0.15, 0.2) is 15.9 Å². The minimum Gasteiger partial charge on any atom is -0.455 e. The van der Waals surface area contributed by atoms with E-state index in [4.69, 9.17) is 4.74 Å². The van der Waals surface area contributed by atoms with Crippen molar-refractivity contribution in [1.82, 2.24) is 18.7 Å². The van der Waals surface area contributed by atoms with Gasteiger partial charge in [-0.3, -0.25) is 23.5 Å². The number of aromatic nitrogens is 4. The summed E-state index contributed by atoms with van der Waals surface area (Å²) in [6.45, 7) is 1.87. The van der Waals surface area contributed by atoms with E-state index in [1.165, 1.54) is 37.2 Å². The Bertz CT molecular complexity index is 1180. The summed E-state index contributed by atoms with van der Waals surface area (Å²) in [5.74, 6) is 1.57. The number of fused-ring (bicyclic) bond motifs is 1. The van der Waals surface area contributed by atoms with E-state index in [-0.39, 0.29) is 35.3 Å². The van der Waals surface area contributed by atoms with Gasteiger partial charge in [0.25, 0.3) is 5.56 Å². The summed E-state index contributed by atoms with van der Waals surface area (Å²) in [6, 6.07) is 0. The number of carbonyl (C=O) groups is 2. The first-order valence-electron chi connectivity index (χ1n) is 11.5. The molecular formula is C23H30N4O5. The number of Topliss-reactive ketones (excluding diaryl/α,β-unsaturated/α-hetero) is 1. The maximum Gasteiger partial charge on any atom is 0.332 e. The van der Waals surface area contributed by atoms with Crippen LogP contribution in [0, 0.1) is 23.2 Å². The van der Waals surface area contributed by atoms with Crippen LogP contribution in [0.25, 0.3) is 11.2 Å². The molecule has 0 saturated heterocycles. The fourth-order valence-corrected chi connectivity index (χ4v) is 6.93. The van der Waals surface area contributed by atoms with E-state index in [9.17, 15) is 19.2 Å². The monoisotopic (exact) mass is 442 g/mol. The lowest BCUT2D eigenvalue weighted by Gasteiger charge is -2.56. The van der Waals surface area contributed by atoms with Gasteiger partial charge < -0.3 is 9.30 Å². The van der Waals surface area contributed by atoms with Crippen LogP contribution >= 0.6 is 0 Å². The standard InChI is InChI=1S/C23H30N4O5/c1-13(19(29)23-9-14-6-15(10-23)8-16(7-14)11-23)32-17(28)4-5-27-12-24-20-18(27)21(30)26(3)22(31)25(20)2/h12-16H,4-11H2,1-3H3. The Morgan fingerprint density at radius 3 is 2.28 bits per heavy atom. The van der Waals surface area contributed by atoms with E-state index in [1.54, 1.807) is 18.5 Å². The van der Waals surface area contributed by atoms with E-state index in [2.05, 4.69) is 4.98 Å². The predicted octanol–water partition coefficient (Wildman–Crippen LogP) is 1.54. The maximum absolute atomic E-state index is 13.3. The summed E-state index contributed by atoms with van der Waals surface area (Å²) in [5, 5.41) is 0. The van der Waals surface area contributed by atoms with Gasteiger partial charge in [-0.2, -0.15) is 0 Å². The molecule has 1 unspecified atom stereocenters. The van der Waals surface area contributed by atoms with Crippen molar-refractivity contribution < 1.29 is 14.3 Å². The number of ether oxygens (including phenoxy) is 1. The lowest BCUT2D eigenvalue weighted by molar-refractivity contribution is -0.165. The van der Waals surface area contributed by atoms with Gasteiger partial charge in [0.2, 0.25) is 0 Å². The van der Waals surface area contributed by atoms with E-state index < -0.39 is 23.3 Å². The second-order valence-corrected chi connectivity index (χ2v) is 10.3. The van der Waals surface area contributed by atoms with Crippen LogP contribution in [-0.2, 0) is 35.0 Å². The van der Waals surface area contributed by atoms with Gasteiger partial charge in [0.05, 0.1) is 12.7 Å². The number of aryl methyl sites for hydroxylation is 2. The highest BCUT2D eigenvalue weighted by molar-refractivity contribution is 5.90. The van der Waals surface area contributed by atoms with Gasteiger partial charge in [-0.1, -0.05) is 0 Å². The Labute approximate surface area is 185 Å². The zero-order valence-electron chi connectivity index (χ0n) is 18.9. The molecule has 9 heteroatoms. The van der Waals surface area contributed by atoms with Crippen LogP contribution in [0.4, 0.5) is 0 Å². The van der Waals surface area contributed by atoms with E-state index >= 15 is 0 Å². The van der Waals surface area contributed by atoms with Crippen LogP contribution in [0.3, 0.4) is 0 Å². The molecule has 32 heavy (non-hydrogen) atoms. The molecule has 172 valence electrons. The molecule has 2 aromatic heterocycles. The fraction of sp³-hybridized carbons (Fsp3) is 0.696. The second kappa shape index (κ2) is 7.42. The summed E-state index contributed by atoms with van der Waals surface area (Å²) in [6.07, 6.45) is 7.30. The third kappa shape index (κ3) is 3.24. The van der Waals surface area contributed by atoms with Crippen LogP contribution in [0.1, 0.15) is 51.9 Å². The molecule has 6 rings (SSSR count). The number of carbonyl (C=O) groups excluding carboxylic acids is 2. The topological polar surface area (TPSA) is 105 Å². The van der Waals surface area contributed by atoms with E-state index in [1.807, 2.05) is 0 Å². The number of imidazole rings is 1. The number of nitrogens with zero attached hydrogens (tertiary/aromatic N) is 4. The molecule has 4 aliphatic rings. The Morgan fingerprint density at radius 1 is 1.09 bits per heavy atom. The minimum absolute atomic E-state index is 0.00987. The average molecular weight is 443 g/mol. The molecule has 0 spiro atoms. The Balaban J connectivity index is 1.25. The predicted molar refractivity (Wildman–Crippen MR) is 116 cm³/mol. The molecule has 0 radical (unpaired) electrons. The number of rotatable bonds is 6. The minimum atomic E-state index is -0.757. The molecule has 0 N–H and O–H groups in total. The average Bonchev–Trinajstić information content (AvgIpc) is 3.17. The maximum atomic E-state index is 13.3. The Kier molecular flexibility index (Phi) is 4.90. The molecule has 4 fully saturated rings. The number of ketones is 1. The third-order valence-electron chi connectivity index (χ3n) is 8.01. The molecule has 9 nitrogen and oxygen atoms in total. The summed E-state index contributed by atoms with van der Waals surface area (Å²) in [7, 11) is 2.96. The van der Waals surface area contributed by atoms with Gasteiger partial charge in [-0.15, -0.1) is 0 Å². The van der Waals surface area contributed by atoms with Crippen molar-refractivity contribution in [2.45, 2.75) is 64.5 Å². The number of hydrogen-bond acceptors (Lipinski definition) is 6. The summed E-state index contributed by atoms with van der Waals surface area (Å²) in [4.78, 5) is 54.6. The van der Waals surface area contributed by atoms with E-state index in [0.717, 1.165) is 23.8 Å². The first kappa shape index (κ1) is 21.2. The summed E-state index contributed by atoms with van der Waals surface area (Å²) >= 11 is 0. The van der Waals surface area contributed by atoms with Gasteiger partial charge in [0.15, 0.2) is 23.1 Å². The molecule has 4 saturated carbocycles. The quantitative estimate of drug-likeness (QED) is 0.629. The van der Waals surface area contributed by atoms with Crippen LogP contribution in [0.2, 0.25) is 0 Å². The van der Waals surface area contributed by atoms with Gasteiger partial charge in [-0.05, 0) is 63.2 Å².